The maximum atomic E-state index is 13.1. The van der Waals surface area contributed by atoms with Crippen LogP contribution in [0.2, 0.25) is 0 Å². The molecule has 1 fully saturated rings. The van der Waals surface area contributed by atoms with Gasteiger partial charge >= 0.3 is 10.1 Å². The van der Waals surface area contributed by atoms with Crippen LogP contribution in [-0.4, -0.2) is 44.9 Å². The number of ether oxygens (including phenoxy) is 3. The molecule has 0 radical (unpaired) electrons. The third-order valence-electron chi connectivity index (χ3n) is 6.51. The summed E-state index contributed by atoms with van der Waals surface area (Å²) in [5, 5.41) is 3.77. The summed E-state index contributed by atoms with van der Waals surface area (Å²) in [7, 11) is -2.27. The minimum Gasteiger partial charge on any atom is -0.460 e. The van der Waals surface area contributed by atoms with Gasteiger partial charge in [0.25, 0.3) is 0 Å². The number of nitrogens with zero attached hydrogens (tertiary/aromatic N) is 2. The van der Waals surface area contributed by atoms with Gasteiger partial charge in [0.1, 0.15) is 21.5 Å². The van der Waals surface area contributed by atoms with Gasteiger partial charge < -0.3 is 19.5 Å². The molecule has 0 spiro atoms. The Morgan fingerprint density at radius 1 is 1.16 bits per heavy atom. The highest BCUT2D eigenvalue weighted by Gasteiger charge is 2.29. The van der Waals surface area contributed by atoms with Crippen LogP contribution in [-0.2, 0) is 19.0 Å². The number of aryl methyl sites for hydroxylation is 1. The van der Waals surface area contributed by atoms with Crippen molar-refractivity contribution in [2.75, 3.05) is 25.6 Å². The second-order valence-electron chi connectivity index (χ2n) is 9.80. The van der Waals surface area contributed by atoms with Gasteiger partial charge in [-0.3, -0.25) is 4.18 Å². The highest BCUT2D eigenvalue weighted by atomic mass is 32.2. The Morgan fingerprint density at radius 2 is 2.05 bits per heavy atom. The Bertz CT molecular complexity index is 1770. The van der Waals surface area contributed by atoms with E-state index in [-0.39, 0.29) is 17.3 Å². The SMILES string of the molecule is CCCOS(=O)(=O)c1ccc(C)c(Oc2ccc3nc(C=CC#Cc4ccc(NC)nc4)sc3c2)c1OC1CCCCO1. The molecule has 2 aromatic heterocycles. The van der Waals surface area contributed by atoms with Gasteiger partial charge in [0, 0.05) is 31.3 Å². The van der Waals surface area contributed by atoms with E-state index in [1.54, 1.807) is 24.4 Å². The molecule has 5 rings (SSSR count). The summed E-state index contributed by atoms with van der Waals surface area (Å²) in [6, 6.07) is 12.5. The average Bonchev–Trinajstić information content (AvgIpc) is 3.43. The lowest BCUT2D eigenvalue weighted by Crippen LogP contribution is -2.26. The lowest BCUT2D eigenvalue weighted by molar-refractivity contribution is -0.107. The average molecular weight is 620 g/mol. The van der Waals surface area contributed by atoms with Crippen LogP contribution in [0.1, 0.15) is 48.7 Å². The van der Waals surface area contributed by atoms with Gasteiger partial charge in [-0.1, -0.05) is 24.8 Å². The molecular weight excluding hydrogens is 587 g/mol. The number of benzene rings is 2. The summed E-state index contributed by atoms with van der Waals surface area (Å²) in [6.45, 7) is 4.30. The van der Waals surface area contributed by atoms with Crippen molar-refractivity contribution >= 4 is 43.6 Å². The third kappa shape index (κ3) is 7.72. The van der Waals surface area contributed by atoms with E-state index in [9.17, 15) is 8.42 Å². The minimum atomic E-state index is -4.09. The molecule has 1 aliphatic rings. The van der Waals surface area contributed by atoms with E-state index in [2.05, 4.69) is 27.1 Å². The van der Waals surface area contributed by atoms with Gasteiger partial charge in [0.2, 0.25) is 0 Å². The zero-order valence-electron chi connectivity index (χ0n) is 24.3. The number of hydrogen-bond acceptors (Lipinski definition) is 10. The lowest BCUT2D eigenvalue weighted by atomic mass is 10.2. The fraction of sp³-hybridized carbons (Fsp3) is 0.312. The monoisotopic (exact) mass is 619 g/mol. The first-order valence-corrected chi connectivity index (χ1v) is 16.3. The zero-order chi connectivity index (χ0) is 30.2. The first kappa shape index (κ1) is 30.5. The van der Waals surface area contributed by atoms with Crippen LogP contribution in [0, 0.1) is 18.8 Å². The second-order valence-corrected chi connectivity index (χ2v) is 12.4. The van der Waals surface area contributed by atoms with Gasteiger partial charge in [-0.2, -0.15) is 8.42 Å². The highest BCUT2D eigenvalue weighted by Crippen LogP contribution is 2.42. The van der Waals surface area contributed by atoms with Crippen LogP contribution in [0.25, 0.3) is 16.3 Å². The molecule has 1 unspecified atom stereocenters. The number of allylic oxidation sites excluding steroid dienone is 1. The molecule has 1 saturated heterocycles. The van der Waals surface area contributed by atoms with Crippen LogP contribution >= 0.6 is 11.3 Å². The molecule has 11 heteroatoms. The molecule has 224 valence electrons. The van der Waals surface area contributed by atoms with Crippen molar-refractivity contribution in [3.8, 4) is 29.1 Å². The normalized spacial score (nSPS) is 15.3. The number of pyridine rings is 1. The van der Waals surface area contributed by atoms with Crippen molar-refractivity contribution in [1.29, 1.82) is 0 Å². The summed E-state index contributed by atoms with van der Waals surface area (Å²) < 4.78 is 50.7. The predicted molar refractivity (Wildman–Crippen MR) is 168 cm³/mol. The molecule has 9 nitrogen and oxygen atoms in total. The predicted octanol–water partition coefficient (Wildman–Crippen LogP) is 6.92. The smallest absolute Gasteiger partial charge is 0.300 e. The molecule has 3 heterocycles. The summed E-state index contributed by atoms with van der Waals surface area (Å²) in [5.74, 6) is 7.77. The summed E-state index contributed by atoms with van der Waals surface area (Å²) in [4.78, 5) is 8.84. The number of thiazole rings is 1. The number of rotatable bonds is 10. The molecule has 0 amide bonds. The standard InChI is InChI=1S/C32H33N3O6S2/c1-4-18-39-43(36,37)27-16-12-22(2)31(32(27)41-30-11-7-8-19-38-30)40-24-14-15-25-26(20-24)42-29(35-25)10-6-5-9-23-13-17-28(33-3)34-21-23/h6,10,12-17,20-21,30H,4,7-8,11,18-19H2,1-3H3,(H,33,34). The largest absolute Gasteiger partial charge is 0.460 e. The summed E-state index contributed by atoms with van der Waals surface area (Å²) >= 11 is 1.49. The molecule has 1 aliphatic heterocycles. The summed E-state index contributed by atoms with van der Waals surface area (Å²) in [5.41, 5.74) is 2.34. The number of anilines is 1. The van der Waals surface area contributed by atoms with Gasteiger partial charge in [-0.15, -0.1) is 11.3 Å². The maximum Gasteiger partial charge on any atom is 0.300 e. The lowest BCUT2D eigenvalue weighted by Gasteiger charge is -2.26. The van der Waals surface area contributed by atoms with Crippen LogP contribution in [0.3, 0.4) is 0 Å². The van der Waals surface area contributed by atoms with Gasteiger partial charge in [-0.05, 0) is 74.2 Å². The topological polar surface area (TPSA) is 109 Å². The molecule has 0 bridgehead atoms. The number of hydrogen-bond donors (Lipinski definition) is 1. The molecule has 0 aliphatic carbocycles. The van der Waals surface area contributed by atoms with Crippen LogP contribution in [0.15, 0.2) is 59.6 Å². The zero-order valence-corrected chi connectivity index (χ0v) is 25.9. The molecule has 0 saturated carbocycles. The Morgan fingerprint density at radius 3 is 2.79 bits per heavy atom. The minimum absolute atomic E-state index is 0.0666. The van der Waals surface area contributed by atoms with Crippen molar-refractivity contribution in [3.63, 3.8) is 0 Å². The van der Waals surface area contributed by atoms with Crippen molar-refractivity contribution < 1.29 is 26.8 Å². The van der Waals surface area contributed by atoms with Crippen LogP contribution in [0.4, 0.5) is 5.82 Å². The Balaban J connectivity index is 1.40. The van der Waals surface area contributed by atoms with E-state index >= 15 is 0 Å². The van der Waals surface area contributed by atoms with Crippen molar-refractivity contribution in [3.05, 3.63) is 70.9 Å². The molecule has 43 heavy (non-hydrogen) atoms. The number of aromatic nitrogens is 2. The highest BCUT2D eigenvalue weighted by molar-refractivity contribution is 7.86. The van der Waals surface area contributed by atoms with Crippen molar-refractivity contribution in [1.82, 2.24) is 9.97 Å². The van der Waals surface area contributed by atoms with E-state index in [0.29, 0.717) is 36.5 Å². The Labute approximate surface area is 256 Å². The first-order valence-electron chi connectivity index (χ1n) is 14.1. The molecule has 2 aromatic carbocycles. The van der Waals surface area contributed by atoms with E-state index in [4.69, 9.17) is 18.4 Å². The maximum absolute atomic E-state index is 13.1. The van der Waals surface area contributed by atoms with E-state index in [1.807, 2.05) is 51.2 Å². The van der Waals surface area contributed by atoms with Crippen LogP contribution in [0.5, 0.6) is 17.2 Å². The van der Waals surface area contributed by atoms with Gasteiger partial charge in [0.15, 0.2) is 17.8 Å². The number of nitrogens with one attached hydrogen (secondary N) is 1. The van der Waals surface area contributed by atoms with Gasteiger partial charge in [-0.25, -0.2) is 9.97 Å². The Kier molecular flexibility index (Phi) is 9.94. The molecule has 4 aromatic rings. The van der Waals surface area contributed by atoms with Crippen molar-refractivity contribution in [2.45, 2.75) is 50.7 Å². The van der Waals surface area contributed by atoms with Gasteiger partial charge in [0.05, 0.1) is 23.4 Å². The van der Waals surface area contributed by atoms with E-state index in [1.165, 1.54) is 17.4 Å². The summed E-state index contributed by atoms with van der Waals surface area (Å²) in [6.07, 6.45) is 7.81. The molecule has 1 atom stereocenters. The first-order chi connectivity index (χ1) is 20.9. The second kappa shape index (κ2) is 14.0. The quantitative estimate of drug-likeness (QED) is 0.149. The fourth-order valence-electron chi connectivity index (χ4n) is 4.30. The fourth-order valence-corrected chi connectivity index (χ4v) is 6.31. The molecule has 1 N–H and O–H groups in total. The third-order valence-corrected chi connectivity index (χ3v) is 8.83. The van der Waals surface area contributed by atoms with Crippen LogP contribution < -0.4 is 14.8 Å². The molecular formula is C32H33N3O6S2. The van der Waals surface area contributed by atoms with E-state index < -0.39 is 16.4 Å². The Hall–Kier alpha value is -3.95. The number of fused-ring (bicyclic) bond motifs is 1. The van der Waals surface area contributed by atoms with Crippen molar-refractivity contribution in [2.24, 2.45) is 0 Å². The van der Waals surface area contributed by atoms with E-state index in [0.717, 1.165) is 39.4 Å².